The van der Waals surface area contributed by atoms with Gasteiger partial charge in [0.05, 0.1) is 12.6 Å². The Kier molecular flexibility index (Phi) is 4.70. The molecule has 4 aromatic rings. The molecular weight excluding hydrogens is 376 g/mol. The number of hydrogen-bond donors (Lipinski definition) is 3. The largest absolute Gasteiger partial charge is 0.497 e. The number of aromatic nitrogens is 3. The van der Waals surface area contributed by atoms with Gasteiger partial charge in [-0.1, -0.05) is 30.3 Å². The minimum atomic E-state index is -0.344. The molecule has 8 heteroatoms. The monoisotopic (exact) mass is 394 g/mol. The zero-order valence-corrected chi connectivity index (χ0v) is 15.9. The van der Waals surface area contributed by atoms with Gasteiger partial charge in [0.2, 0.25) is 5.91 Å². The number of hydrogen-bond acceptors (Lipinski definition) is 4. The fourth-order valence-electron chi connectivity index (χ4n) is 3.13. The van der Waals surface area contributed by atoms with Crippen molar-refractivity contribution in [3.05, 3.63) is 69.2 Å². The number of rotatable bonds is 5. The van der Waals surface area contributed by atoms with Crippen LogP contribution in [0, 0.1) is 4.77 Å². The molecule has 0 fully saturated rings. The summed E-state index contributed by atoms with van der Waals surface area (Å²) in [6.07, 6.45) is 0. The van der Waals surface area contributed by atoms with E-state index in [1.165, 1.54) is 4.57 Å². The van der Waals surface area contributed by atoms with Crippen LogP contribution in [0.4, 0.5) is 0 Å². The predicted octanol–water partition coefficient (Wildman–Crippen LogP) is 2.87. The van der Waals surface area contributed by atoms with Crippen molar-refractivity contribution in [2.75, 3.05) is 7.11 Å². The molecule has 28 heavy (non-hydrogen) atoms. The zero-order chi connectivity index (χ0) is 19.7. The Bertz CT molecular complexity index is 1290. The third-order valence-electron chi connectivity index (χ3n) is 4.58. The Morgan fingerprint density at radius 3 is 2.68 bits per heavy atom. The van der Waals surface area contributed by atoms with Crippen molar-refractivity contribution in [2.45, 2.75) is 13.1 Å². The Morgan fingerprint density at radius 1 is 1.14 bits per heavy atom. The number of benzene rings is 2. The molecule has 0 saturated heterocycles. The molecule has 0 aliphatic heterocycles. The SMILES string of the molecule is COc1ccc2[nH]c3c(=O)n(CC(=O)NCc4ccccc4)c(=S)[nH]c3c2c1. The summed E-state index contributed by atoms with van der Waals surface area (Å²) in [4.78, 5) is 31.4. The normalized spacial score (nSPS) is 11.0. The maximum atomic E-state index is 12.9. The Balaban J connectivity index is 1.66. The molecule has 4 rings (SSSR count). The molecule has 0 unspecified atom stereocenters. The van der Waals surface area contributed by atoms with Gasteiger partial charge < -0.3 is 20.0 Å². The lowest BCUT2D eigenvalue weighted by Gasteiger charge is -2.08. The van der Waals surface area contributed by atoms with Crippen LogP contribution >= 0.6 is 12.2 Å². The van der Waals surface area contributed by atoms with E-state index in [0.717, 1.165) is 16.5 Å². The highest BCUT2D eigenvalue weighted by atomic mass is 32.1. The van der Waals surface area contributed by atoms with E-state index in [4.69, 9.17) is 17.0 Å². The van der Waals surface area contributed by atoms with Gasteiger partial charge in [-0.15, -0.1) is 0 Å². The van der Waals surface area contributed by atoms with Crippen molar-refractivity contribution >= 4 is 40.1 Å². The molecule has 1 amide bonds. The predicted molar refractivity (Wildman–Crippen MR) is 110 cm³/mol. The van der Waals surface area contributed by atoms with Gasteiger partial charge in [-0.3, -0.25) is 14.2 Å². The summed E-state index contributed by atoms with van der Waals surface area (Å²) in [6.45, 7) is 0.231. The van der Waals surface area contributed by atoms with Crippen molar-refractivity contribution < 1.29 is 9.53 Å². The van der Waals surface area contributed by atoms with Crippen LogP contribution in [0.25, 0.3) is 21.9 Å². The third kappa shape index (κ3) is 3.29. The average molecular weight is 394 g/mol. The summed E-state index contributed by atoms with van der Waals surface area (Å²) in [5, 5.41) is 3.61. The molecule has 0 bridgehead atoms. The first kappa shape index (κ1) is 18.0. The standard InChI is InChI=1S/C20H18N4O3S/c1-27-13-7-8-15-14(9-13)17-18(22-15)19(26)24(20(28)23-17)11-16(25)21-10-12-5-3-2-4-6-12/h2-9,22H,10-11H2,1H3,(H,21,25)(H,23,28). The van der Waals surface area contributed by atoms with Crippen molar-refractivity contribution in [3.63, 3.8) is 0 Å². The number of aromatic amines is 2. The van der Waals surface area contributed by atoms with Crippen LogP contribution in [-0.2, 0) is 17.9 Å². The number of ether oxygens (including phenoxy) is 1. The van der Waals surface area contributed by atoms with Gasteiger partial charge in [0.25, 0.3) is 5.56 Å². The second-order valence-electron chi connectivity index (χ2n) is 6.37. The van der Waals surface area contributed by atoms with Crippen LogP contribution in [-0.4, -0.2) is 27.6 Å². The first-order valence-corrected chi connectivity index (χ1v) is 9.11. The molecule has 2 aromatic carbocycles. The molecule has 2 aromatic heterocycles. The number of nitrogens with one attached hydrogen (secondary N) is 3. The summed E-state index contributed by atoms with van der Waals surface area (Å²) in [6, 6.07) is 15.0. The lowest BCUT2D eigenvalue weighted by Crippen LogP contribution is -2.33. The fraction of sp³-hybridized carbons (Fsp3) is 0.150. The van der Waals surface area contributed by atoms with Crippen LogP contribution in [0.5, 0.6) is 5.75 Å². The Labute approximate surface area is 165 Å². The van der Waals surface area contributed by atoms with Gasteiger partial charge >= 0.3 is 0 Å². The quantitative estimate of drug-likeness (QED) is 0.454. The summed E-state index contributed by atoms with van der Waals surface area (Å²) in [7, 11) is 1.58. The molecule has 142 valence electrons. The molecule has 2 heterocycles. The molecule has 0 radical (unpaired) electrons. The van der Waals surface area contributed by atoms with Crippen LogP contribution in [0.3, 0.4) is 0 Å². The highest BCUT2D eigenvalue weighted by Gasteiger charge is 2.14. The van der Waals surface area contributed by atoms with E-state index in [0.29, 0.717) is 23.3 Å². The summed E-state index contributed by atoms with van der Waals surface area (Å²) in [5.74, 6) is 0.389. The topological polar surface area (TPSA) is 91.9 Å². The van der Waals surface area contributed by atoms with E-state index < -0.39 is 0 Å². The minimum absolute atomic E-state index is 0.157. The van der Waals surface area contributed by atoms with E-state index in [-0.39, 0.29) is 22.8 Å². The zero-order valence-electron chi connectivity index (χ0n) is 15.1. The molecule has 3 N–H and O–H groups in total. The molecule has 0 aliphatic carbocycles. The molecule has 0 saturated carbocycles. The van der Waals surface area contributed by atoms with Crippen molar-refractivity contribution in [1.29, 1.82) is 0 Å². The van der Waals surface area contributed by atoms with Gasteiger partial charge in [-0.2, -0.15) is 0 Å². The molecule has 0 atom stereocenters. The van der Waals surface area contributed by atoms with Gasteiger partial charge in [0, 0.05) is 17.4 Å². The van der Waals surface area contributed by atoms with E-state index in [1.807, 2.05) is 48.5 Å². The lowest BCUT2D eigenvalue weighted by molar-refractivity contribution is -0.121. The van der Waals surface area contributed by atoms with E-state index in [2.05, 4.69) is 15.3 Å². The van der Waals surface area contributed by atoms with Crippen molar-refractivity contribution in [3.8, 4) is 5.75 Å². The van der Waals surface area contributed by atoms with Crippen LogP contribution in [0.2, 0.25) is 0 Å². The van der Waals surface area contributed by atoms with Crippen LogP contribution in [0.1, 0.15) is 5.56 Å². The number of amides is 1. The van der Waals surface area contributed by atoms with Gasteiger partial charge in [-0.05, 0) is 36.0 Å². The number of fused-ring (bicyclic) bond motifs is 3. The van der Waals surface area contributed by atoms with Gasteiger partial charge in [0.15, 0.2) is 4.77 Å². The maximum Gasteiger partial charge on any atom is 0.279 e. The van der Waals surface area contributed by atoms with Crippen LogP contribution < -0.4 is 15.6 Å². The average Bonchev–Trinajstić information content (AvgIpc) is 3.08. The molecule has 0 spiro atoms. The summed E-state index contributed by atoms with van der Waals surface area (Å²) < 4.78 is 6.70. The number of carbonyl (C=O) groups is 1. The summed E-state index contributed by atoms with van der Waals surface area (Å²) in [5.41, 5.74) is 2.39. The Hall–Kier alpha value is -3.39. The highest BCUT2D eigenvalue weighted by molar-refractivity contribution is 7.71. The smallest absolute Gasteiger partial charge is 0.279 e. The molecular formula is C20H18N4O3S. The Morgan fingerprint density at radius 2 is 1.93 bits per heavy atom. The maximum absolute atomic E-state index is 12.9. The van der Waals surface area contributed by atoms with Gasteiger partial charge in [-0.25, -0.2) is 0 Å². The van der Waals surface area contributed by atoms with Gasteiger partial charge in [0.1, 0.15) is 17.8 Å². The van der Waals surface area contributed by atoms with Crippen molar-refractivity contribution in [1.82, 2.24) is 19.9 Å². The van der Waals surface area contributed by atoms with E-state index in [1.54, 1.807) is 7.11 Å². The number of nitrogens with zero attached hydrogens (tertiary/aromatic N) is 1. The van der Waals surface area contributed by atoms with E-state index in [9.17, 15) is 9.59 Å². The second kappa shape index (κ2) is 7.32. The first-order chi connectivity index (χ1) is 13.6. The molecule has 0 aliphatic rings. The van der Waals surface area contributed by atoms with Crippen LogP contribution in [0.15, 0.2) is 53.3 Å². The summed E-state index contributed by atoms with van der Waals surface area (Å²) >= 11 is 5.34. The fourth-order valence-corrected chi connectivity index (χ4v) is 3.38. The minimum Gasteiger partial charge on any atom is -0.497 e. The number of methoxy groups -OCH3 is 1. The highest BCUT2D eigenvalue weighted by Crippen LogP contribution is 2.25. The van der Waals surface area contributed by atoms with Crippen molar-refractivity contribution in [2.24, 2.45) is 0 Å². The third-order valence-corrected chi connectivity index (χ3v) is 4.90. The lowest BCUT2D eigenvalue weighted by atomic mass is 10.2. The van der Waals surface area contributed by atoms with E-state index >= 15 is 0 Å². The second-order valence-corrected chi connectivity index (χ2v) is 6.76. The number of H-pyrrole nitrogens is 2. The number of carbonyl (C=O) groups excluding carboxylic acids is 1. The molecule has 7 nitrogen and oxygen atoms in total. The first-order valence-electron chi connectivity index (χ1n) is 8.70.